The van der Waals surface area contributed by atoms with Crippen LogP contribution in [-0.2, 0) is 0 Å². The Labute approximate surface area is 147 Å². The molecule has 0 aromatic carbocycles. The topological polar surface area (TPSA) is 34.1 Å². The number of hydrogen-bond donors (Lipinski definition) is 1. The molecule has 0 bridgehead atoms. The molecular weight excluding hydrogens is 377 g/mol. The smallest absolute Gasteiger partial charge is 0.193 e. The summed E-state index contributed by atoms with van der Waals surface area (Å²) in [5.74, 6) is 1.95. The Morgan fingerprint density at radius 3 is 2.43 bits per heavy atom. The molecule has 2 aliphatic heterocycles. The number of guanidine groups is 1. The summed E-state index contributed by atoms with van der Waals surface area (Å²) in [6.07, 6.45) is 2.57. The molecule has 0 amide bonds. The van der Waals surface area contributed by atoms with Crippen LogP contribution in [0.25, 0.3) is 0 Å². The first-order valence-electron chi connectivity index (χ1n) is 7.94. The highest BCUT2D eigenvalue weighted by Crippen LogP contribution is 2.16. The van der Waals surface area contributed by atoms with Crippen LogP contribution in [0.3, 0.4) is 0 Å². The zero-order valence-corrected chi connectivity index (χ0v) is 16.3. The molecule has 1 atom stereocenters. The zero-order chi connectivity index (χ0) is 14.5. The number of rotatable bonds is 2. The summed E-state index contributed by atoms with van der Waals surface area (Å²) in [5, 5.41) is 3.58. The molecule has 2 saturated heterocycles. The Morgan fingerprint density at radius 1 is 1.14 bits per heavy atom. The van der Waals surface area contributed by atoms with E-state index in [2.05, 4.69) is 46.0 Å². The van der Waals surface area contributed by atoms with E-state index in [4.69, 9.17) is 0 Å². The van der Waals surface area contributed by atoms with Gasteiger partial charge in [0.1, 0.15) is 0 Å². The van der Waals surface area contributed by atoms with Gasteiger partial charge in [0, 0.05) is 52.4 Å². The van der Waals surface area contributed by atoms with Crippen LogP contribution in [0.2, 0.25) is 0 Å². The predicted molar refractivity (Wildman–Crippen MR) is 101 cm³/mol. The van der Waals surface area contributed by atoms with E-state index in [1.54, 1.807) is 0 Å². The number of piperazine rings is 1. The number of nitrogens with zero attached hydrogens (tertiary/aromatic N) is 4. The van der Waals surface area contributed by atoms with Gasteiger partial charge in [-0.3, -0.25) is 9.89 Å². The molecule has 2 rings (SSSR count). The maximum absolute atomic E-state index is 4.46. The van der Waals surface area contributed by atoms with Gasteiger partial charge in [-0.1, -0.05) is 6.92 Å². The van der Waals surface area contributed by atoms with Crippen molar-refractivity contribution in [1.82, 2.24) is 20.0 Å². The molecule has 2 heterocycles. The predicted octanol–water partition coefficient (Wildman–Crippen LogP) is 1.16. The van der Waals surface area contributed by atoms with Crippen LogP contribution >= 0.6 is 24.0 Å². The van der Waals surface area contributed by atoms with Gasteiger partial charge in [0.25, 0.3) is 0 Å². The van der Waals surface area contributed by atoms with Crippen molar-refractivity contribution in [1.29, 1.82) is 0 Å². The first kappa shape index (κ1) is 19.0. The third kappa shape index (κ3) is 5.56. The molecule has 124 valence electrons. The van der Waals surface area contributed by atoms with Gasteiger partial charge in [-0.05, 0) is 32.9 Å². The molecule has 21 heavy (non-hydrogen) atoms. The minimum absolute atomic E-state index is 0. The van der Waals surface area contributed by atoms with E-state index in [0.29, 0.717) is 6.04 Å². The first-order valence-corrected chi connectivity index (χ1v) is 7.94. The summed E-state index contributed by atoms with van der Waals surface area (Å²) in [6, 6.07) is 0.578. The van der Waals surface area contributed by atoms with Crippen LogP contribution in [-0.4, -0.2) is 87.1 Å². The number of aliphatic imine (C=N–C) groups is 1. The second-order valence-electron chi connectivity index (χ2n) is 6.49. The summed E-state index contributed by atoms with van der Waals surface area (Å²) >= 11 is 0. The maximum atomic E-state index is 4.46. The summed E-state index contributed by atoms with van der Waals surface area (Å²) in [4.78, 5) is 11.7. The van der Waals surface area contributed by atoms with Crippen molar-refractivity contribution in [2.24, 2.45) is 10.9 Å². The van der Waals surface area contributed by atoms with Crippen LogP contribution in [0.5, 0.6) is 0 Å². The molecule has 5 nitrogen and oxygen atoms in total. The number of hydrogen-bond acceptors (Lipinski definition) is 3. The molecule has 2 fully saturated rings. The Kier molecular flexibility index (Phi) is 8.26. The Bertz CT molecular complexity index is 328. The Balaban J connectivity index is 0.00000220. The number of likely N-dealkylation sites (N-methyl/N-ethyl adjacent to an activating group) is 2. The average Bonchev–Trinajstić information content (AvgIpc) is 2.45. The van der Waals surface area contributed by atoms with E-state index >= 15 is 0 Å². The van der Waals surface area contributed by atoms with Crippen LogP contribution < -0.4 is 5.32 Å². The fourth-order valence-corrected chi connectivity index (χ4v) is 3.08. The summed E-state index contributed by atoms with van der Waals surface area (Å²) in [5.41, 5.74) is 0. The second-order valence-corrected chi connectivity index (χ2v) is 6.49. The molecule has 1 N–H and O–H groups in total. The number of piperidine rings is 1. The zero-order valence-electron chi connectivity index (χ0n) is 14.0. The van der Waals surface area contributed by atoms with Gasteiger partial charge >= 0.3 is 0 Å². The highest BCUT2D eigenvalue weighted by molar-refractivity contribution is 14.0. The summed E-state index contributed by atoms with van der Waals surface area (Å²) in [6.45, 7) is 9.08. The lowest BCUT2D eigenvalue weighted by Crippen LogP contribution is -2.56. The van der Waals surface area contributed by atoms with Gasteiger partial charge < -0.3 is 15.1 Å². The standard InChI is InChI=1S/C15H31N5.HI/c1-13-5-7-20(8-6-13)15(16-2)17-11-14-12-18(3)9-10-19(14)4;/h13-14H,5-12H2,1-4H3,(H,16,17);1H. The molecule has 1 unspecified atom stereocenters. The van der Waals surface area contributed by atoms with E-state index in [-0.39, 0.29) is 24.0 Å². The minimum Gasteiger partial charge on any atom is -0.355 e. The van der Waals surface area contributed by atoms with E-state index in [1.807, 2.05) is 7.05 Å². The van der Waals surface area contributed by atoms with Crippen LogP contribution in [0.1, 0.15) is 19.8 Å². The summed E-state index contributed by atoms with van der Waals surface area (Å²) < 4.78 is 0. The van der Waals surface area contributed by atoms with Gasteiger partial charge in [-0.15, -0.1) is 24.0 Å². The maximum Gasteiger partial charge on any atom is 0.193 e. The third-order valence-electron chi connectivity index (χ3n) is 4.77. The van der Waals surface area contributed by atoms with Crippen LogP contribution in [0, 0.1) is 5.92 Å². The van der Waals surface area contributed by atoms with Gasteiger partial charge in [0.15, 0.2) is 5.96 Å². The van der Waals surface area contributed by atoms with Crippen molar-refractivity contribution in [2.75, 3.05) is 60.4 Å². The van der Waals surface area contributed by atoms with Crippen LogP contribution in [0.4, 0.5) is 0 Å². The molecule has 0 aromatic rings. The number of likely N-dealkylation sites (tertiary alicyclic amines) is 1. The molecule has 0 saturated carbocycles. The van der Waals surface area contributed by atoms with Crippen molar-refractivity contribution in [3.05, 3.63) is 0 Å². The molecular formula is C15H32IN5. The first-order chi connectivity index (χ1) is 9.60. The minimum atomic E-state index is 0. The van der Waals surface area contributed by atoms with E-state index in [0.717, 1.165) is 44.6 Å². The fourth-order valence-electron chi connectivity index (χ4n) is 3.08. The lowest BCUT2D eigenvalue weighted by Gasteiger charge is -2.39. The lowest BCUT2D eigenvalue weighted by atomic mass is 9.99. The molecule has 0 radical (unpaired) electrons. The summed E-state index contributed by atoms with van der Waals surface area (Å²) in [7, 11) is 6.34. The van der Waals surface area contributed by atoms with Gasteiger partial charge in [0.05, 0.1) is 0 Å². The molecule has 2 aliphatic rings. The Morgan fingerprint density at radius 2 is 1.81 bits per heavy atom. The van der Waals surface area contributed by atoms with Gasteiger partial charge in [0.2, 0.25) is 0 Å². The SMILES string of the molecule is CN=C(NCC1CN(C)CCN1C)N1CCC(C)CC1.I. The molecule has 0 spiro atoms. The largest absolute Gasteiger partial charge is 0.355 e. The molecule has 6 heteroatoms. The van der Waals surface area contributed by atoms with Gasteiger partial charge in [-0.2, -0.15) is 0 Å². The number of halogens is 1. The third-order valence-corrected chi connectivity index (χ3v) is 4.77. The Hall–Kier alpha value is -0.0800. The quantitative estimate of drug-likeness (QED) is 0.422. The van der Waals surface area contributed by atoms with E-state index in [1.165, 1.54) is 19.4 Å². The van der Waals surface area contributed by atoms with Gasteiger partial charge in [-0.25, -0.2) is 0 Å². The number of nitrogens with one attached hydrogen (secondary N) is 1. The van der Waals surface area contributed by atoms with Crippen molar-refractivity contribution in [3.63, 3.8) is 0 Å². The second kappa shape index (κ2) is 9.15. The monoisotopic (exact) mass is 409 g/mol. The van der Waals surface area contributed by atoms with Crippen molar-refractivity contribution >= 4 is 29.9 Å². The molecule has 0 aliphatic carbocycles. The average molecular weight is 409 g/mol. The lowest BCUT2D eigenvalue weighted by molar-refractivity contribution is 0.115. The van der Waals surface area contributed by atoms with E-state index < -0.39 is 0 Å². The van der Waals surface area contributed by atoms with E-state index in [9.17, 15) is 0 Å². The van der Waals surface area contributed by atoms with Crippen molar-refractivity contribution in [3.8, 4) is 0 Å². The normalized spacial score (nSPS) is 26.6. The highest BCUT2D eigenvalue weighted by atomic mass is 127. The molecule has 0 aromatic heterocycles. The van der Waals surface area contributed by atoms with Crippen molar-refractivity contribution < 1.29 is 0 Å². The fraction of sp³-hybridized carbons (Fsp3) is 0.933. The van der Waals surface area contributed by atoms with Crippen molar-refractivity contribution in [2.45, 2.75) is 25.8 Å². The van der Waals surface area contributed by atoms with Crippen LogP contribution in [0.15, 0.2) is 4.99 Å². The highest BCUT2D eigenvalue weighted by Gasteiger charge is 2.24.